The normalized spacial score (nSPS) is 16.2. The van der Waals surface area contributed by atoms with Gasteiger partial charge in [0, 0.05) is 7.05 Å². The van der Waals surface area contributed by atoms with Gasteiger partial charge < -0.3 is 4.43 Å². The summed E-state index contributed by atoms with van der Waals surface area (Å²) < 4.78 is 6.37. The van der Waals surface area contributed by atoms with E-state index in [1.165, 1.54) is 12.2 Å². The lowest BCUT2D eigenvalue weighted by molar-refractivity contribution is -0.175. The van der Waals surface area contributed by atoms with Gasteiger partial charge in [-0.1, -0.05) is 39.8 Å². The van der Waals surface area contributed by atoms with Crippen LogP contribution in [0.15, 0.2) is 12.2 Å². The molecular formula is C15H31NO3Si. The van der Waals surface area contributed by atoms with Crippen LogP contribution in [-0.4, -0.2) is 39.5 Å². The molecule has 5 heteroatoms. The standard InChI is InChI=1S/C15H31NO3Si/c1-10-11-13(12(2)14(17)16(6)18-7)19-20(8,9)15(3,4)5/h10-13H,1-9H3/t12-,13+/m0/s1. The molecule has 118 valence electrons. The van der Waals surface area contributed by atoms with E-state index in [2.05, 4.69) is 33.9 Å². The lowest BCUT2D eigenvalue weighted by Crippen LogP contribution is -2.47. The van der Waals surface area contributed by atoms with E-state index in [1.807, 2.05) is 26.0 Å². The number of hydroxylamine groups is 2. The fraction of sp³-hybridized carbons (Fsp3) is 0.800. The van der Waals surface area contributed by atoms with Crippen LogP contribution in [0, 0.1) is 5.92 Å². The summed E-state index contributed by atoms with van der Waals surface area (Å²) in [5.41, 5.74) is 0. The number of nitrogens with zero attached hydrogens (tertiary/aromatic N) is 1. The van der Waals surface area contributed by atoms with Gasteiger partial charge in [-0.3, -0.25) is 9.63 Å². The quantitative estimate of drug-likeness (QED) is 0.427. The van der Waals surface area contributed by atoms with Gasteiger partial charge >= 0.3 is 0 Å². The molecule has 0 aromatic carbocycles. The van der Waals surface area contributed by atoms with Crippen molar-refractivity contribution in [2.75, 3.05) is 14.2 Å². The van der Waals surface area contributed by atoms with Gasteiger partial charge in [-0.15, -0.1) is 0 Å². The second kappa shape index (κ2) is 7.38. The Morgan fingerprint density at radius 1 is 1.30 bits per heavy atom. The Morgan fingerprint density at radius 3 is 2.15 bits per heavy atom. The third-order valence-corrected chi connectivity index (χ3v) is 8.56. The first-order valence-corrected chi connectivity index (χ1v) is 10.0. The van der Waals surface area contributed by atoms with Crippen molar-refractivity contribution < 1.29 is 14.1 Å². The van der Waals surface area contributed by atoms with E-state index in [-0.39, 0.29) is 23.0 Å². The smallest absolute Gasteiger partial charge is 0.251 e. The zero-order valence-electron chi connectivity index (χ0n) is 14.5. The molecule has 1 amide bonds. The van der Waals surface area contributed by atoms with Crippen LogP contribution in [0.2, 0.25) is 18.1 Å². The van der Waals surface area contributed by atoms with Crippen LogP contribution in [0.1, 0.15) is 34.6 Å². The van der Waals surface area contributed by atoms with Gasteiger partial charge in [0.05, 0.1) is 19.1 Å². The number of hydrogen-bond donors (Lipinski definition) is 0. The minimum atomic E-state index is -1.92. The molecule has 0 unspecified atom stereocenters. The molecule has 0 aromatic rings. The molecule has 0 rings (SSSR count). The van der Waals surface area contributed by atoms with Crippen LogP contribution in [0.25, 0.3) is 0 Å². The van der Waals surface area contributed by atoms with E-state index >= 15 is 0 Å². The average molecular weight is 302 g/mol. The maximum absolute atomic E-state index is 12.2. The molecule has 0 heterocycles. The minimum Gasteiger partial charge on any atom is -0.410 e. The molecule has 0 radical (unpaired) electrons. The molecule has 0 spiro atoms. The van der Waals surface area contributed by atoms with Gasteiger partial charge in [0.15, 0.2) is 8.32 Å². The van der Waals surface area contributed by atoms with E-state index in [0.717, 1.165) is 0 Å². The van der Waals surface area contributed by atoms with E-state index in [0.29, 0.717) is 0 Å². The predicted molar refractivity (Wildman–Crippen MR) is 85.8 cm³/mol. The Bertz CT molecular complexity index is 348. The molecule has 0 saturated heterocycles. The molecule has 0 aliphatic heterocycles. The maximum Gasteiger partial charge on any atom is 0.251 e. The van der Waals surface area contributed by atoms with Gasteiger partial charge in [0.25, 0.3) is 5.91 Å². The van der Waals surface area contributed by atoms with Crippen molar-refractivity contribution in [2.24, 2.45) is 5.92 Å². The Labute approximate surface area is 125 Å². The topological polar surface area (TPSA) is 38.8 Å². The zero-order valence-corrected chi connectivity index (χ0v) is 15.5. The van der Waals surface area contributed by atoms with Crippen molar-refractivity contribution in [1.29, 1.82) is 0 Å². The monoisotopic (exact) mass is 301 g/mol. The minimum absolute atomic E-state index is 0.0747. The van der Waals surface area contributed by atoms with E-state index in [9.17, 15) is 4.79 Å². The molecule has 0 fully saturated rings. The molecule has 4 nitrogen and oxygen atoms in total. The van der Waals surface area contributed by atoms with Crippen LogP contribution in [0.3, 0.4) is 0 Å². The molecular weight excluding hydrogens is 270 g/mol. The average Bonchev–Trinajstić information content (AvgIpc) is 2.33. The van der Waals surface area contributed by atoms with Crippen LogP contribution in [0.4, 0.5) is 0 Å². The fourth-order valence-electron chi connectivity index (χ4n) is 1.53. The second-order valence-corrected chi connectivity index (χ2v) is 11.4. The van der Waals surface area contributed by atoms with Crippen molar-refractivity contribution in [1.82, 2.24) is 5.06 Å². The third-order valence-electron chi connectivity index (χ3n) is 4.09. The van der Waals surface area contributed by atoms with Crippen molar-refractivity contribution in [3.05, 3.63) is 12.2 Å². The highest BCUT2D eigenvalue weighted by molar-refractivity contribution is 6.74. The van der Waals surface area contributed by atoms with Crippen LogP contribution < -0.4 is 0 Å². The fourth-order valence-corrected chi connectivity index (χ4v) is 2.85. The molecule has 2 atom stereocenters. The summed E-state index contributed by atoms with van der Waals surface area (Å²) in [5.74, 6) is -0.348. The summed E-state index contributed by atoms with van der Waals surface area (Å²) in [7, 11) is 1.19. The van der Waals surface area contributed by atoms with E-state index in [1.54, 1.807) is 7.05 Å². The van der Waals surface area contributed by atoms with Crippen molar-refractivity contribution in [3.63, 3.8) is 0 Å². The first-order valence-electron chi connectivity index (χ1n) is 7.10. The number of amides is 1. The number of rotatable bonds is 6. The number of allylic oxidation sites excluding steroid dienone is 1. The van der Waals surface area contributed by atoms with Gasteiger partial charge in [0.1, 0.15) is 0 Å². The first kappa shape index (κ1) is 19.3. The Kier molecular flexibility index (Phi) is 7.14. The molecule has 0 aliphatic carbocycles. The molecule has 0 N–H and O–H groups in total. The number of carbonyl (C=O) groups is 1. The summed E-state index contributed by atoms with van der Waals surface area (Å²) in [6.07, 6.45) is 3.69. The highest BCUT2D eigenvalue weighted by atomic mass is 28.4. The van der Waals surface area contributed by atoms with Crippen LogP contribution in [0.5, 0.6) is 0 Å². The van der Waals surface area contributed by atoms with Gasteiger partial charge in [-0.2, -0.15) is 0 Å². The summed E-state index contributed by atoms with van der Waals surface area (Å²) in [6, 6.07) is 0. The van der Waals surface area contributed by atoms with Crippen molar-refractivity contribution in [3.8, 4) is 0 Å². The number of hydrogen-bond acceptors (Lipinski definition) is 3. The molecule has 0 saturated carbocycles. The first-order chi connectivity index (χ1) is 8.97. The van der Waals surface area contributed by atoms with E-state index < -0.39 is 8.32 Å². The third kappa shape index (κ3) is 5.03. The van der Waals surface area contributed by atoms with E-state index in [4.69, 9.17) is 9.26 Å². The Hall–Kier alpha value is -0.653. The maximum atomic E-state index is 12.2. The highest BCUT2D eigenvalue weighted by Gasteiger charge is 2.40. The molecule has 0 aliphatic rings. The molecule has 20 heavy (non-hydrogen) atoms. The molecule has 0 bridgehead atoms. The summed E-state index contributed by atoms with van der Waals surface area (Å²) in [5, 5.41) is 1.37. The summed E-state index contributed by atoms with van der Waals surface area (Å²) in [4.78, 5) is 17.2. The largest absolute Gasteiger partial charge is 0.410 e. The SMILES string of the molecule is CC=C[C@@H](O[Si](C)(C)C(C)(C)C)[C@H](C)C(=O)N(C)OC. The Morgan fingerprint density at radius 2 is 1.80 bits per heavy atom. The zero-order chi connectivity index (χ0) is 16.1. The molecule has 0 aromatic heterocycles. The van der Waals surface area contributed by atoms with Crippen LogP contribution >= 0.6 is 0 Å². The van der Waals surface area contributed by atoms with Gasteiger partial charge in [-0.25, -0.2) is 5.06 Å². The van der Waals surface area contributed by atoms with Crippen LogP contribution in [-0.2, 0) is 14.1 Å². The van der Waals surface area contributed by atoms with Gasteiger partial charge in [-0.05, 0) is 25.1 Å². The van der Waals surface area contributed by atoms with Crippen molar-refractivity contribution >= 4 is 14.2 Å². The highest BCUT2D eigenvalue weighted by Crippen LogP contribution is 2.38. The predicted octanol–water partition coefficient (Wildman–Crippen LogP) is 3.61. The lowest BCUT2D eigenvalue weighted by Gasteiger charge is -2.40. The van der Waals surface area contributed by atoms with Crippen molar-refractivity contribution in [2.45, 2.75) is 58.9 Å². The summed E-state index contributed by atoms with van der Waals surface area (Å²) in [6.45, 7) is 14.8. The van der Waals surface area contributed by atoms with Gasteiger partial charge in [0.2, 0.25) is 0 Å². The Balaban J connectivity index is 5.13. The summed E-state index contributed by atoms with van der Waals surface area (Å²) >= 11 is 0. The lowest BCUT2D eigenvalue weighted by atomic mass is 10.0. The number of carbonyl (C=O) groups excluding carboxylic acids is 1. The second-order valence-electron chi connectivity index (χ2n) is 6.68.